The Labute approximate surface area is 226 Å². The van der Waals surface area contributed by atoms with Crippen LogP contribution in [0.5, 0.6) is 0 Å². The van der Waals surface area contributed by atoms with Crippen molar-refractivity contribution in [1.82, 2.24) is 4.90 Å². The third-order valence-corrected chi connectivity index (χ3v) is 11.7. The van der Waals surface area contributed by atoms with Crippen LogP contribution in [-0.4, -0.2) is 61.8 Å². The van der Waals surface area contributed by atoms with Crippen molar-refractivity contribution in [2.24, 2.45) is 28.6 Å². The molecular formula is C32H43NO5. The number of aliphatic hydroxyl groups is 3. The molecule has 0 bridgehead atoms. The van der Waals surface area contributed by atoms with Crippen LogP contribution in [0, 0.1) is 35.5 Å². The summed E-state index contributed by atoms with van der Waals surface area (Å²) in [6.07, 6.45) is 5.72. The highest BCUT2D eigenvalue weighted by Crippen LogP contribution is 2.67. The number of fused-ring (bicyclic) bond motifs is 5. The third kappa shape index (κ3) is 3.62. The molecule has 6 nitrogen and oxygen atoms in total. The van der Waals surface area contributed by atoms with Gasteiger partial charge in [-0.25, -0.2) is 0 Å². The zero-order valence-electron chi connectivity index (χ0n) is 23.2. The van der Waals surface area contributed by atoms with E-state index in [0.717, 1.165) is 43.2 Å². The number of hydrogen-bond acceptors (Lipinski definition) is 5. The Kier molecular flexibility index (Phi) is 6.03. The van der Waals surface area contributed by atoms with Crippen molar-refractivity contribution in [3.8, 4) is 0 Å². The van der Waals surface area contributed by atoms with E-state index < -0.39 is 28.6 Å². The summed E-state index contributed by atoms with van der Waals surface area (Å²) in [6.45, 7) is 8.45. The summed E-state index contributed by atoms with van der Waals surface area (Å²) in [7, 11) is 0. The van der Waals surface area contributed by atoms with Gasteiger partial charge in [0.05, 0.1) is 17.8 Å². The van der Waals surface area contributed by atoms with Crippen LogP contribution in [0.4, 0.5) is 0 Å². The van der Waals surface area contributed by atoms with Gasteiger partial charge in [-0.15, -0.1) is 0 Å². The number of amides is 1. The number of allylic oxidation sites excluding steroid dienone is 1. The molecule has 1 aromatic rings. The maximum atomic E-state index is 13.8. The van der Waals surface area contributed by atoms with Crippen molar-refractivity contribution in [1.29, 1.82) is 0 Å². The Morgan fingerprint density at radius 2 is 1.68 bits per heavy atom. The summed E-state index contributed by atoms with van der Waals surface area (Å²) in [6, 6.07) is 8.04. The normalized spacial score (nSPS) is 43.0. The summed E-state index contributed by atoms with van der Waals surface area (Å²) < 4.78 is 0. The fourth-order valence-electron chi connectivity index (χ4n) is 9.26. The first-order chi connectivity index (χ1) is 17.9. The first kappa shape index (κ1) is 26.2. The van der Waals surface area contributed by atoms with Gasteiger partial charge < -0.3 is 20.2 Å². The van der Waals surface area contributed by atoms with Crippen LogP contribution >= 0.6 is 0 Å². The fourth-order valence-corrected chi connectivity index (χ4v) is 9.26. The van der Waals surface area contributed by atoms with Crippen LogP contribution in [0.1, 0.15) is 88.1 Å². The molecule has 0 aromatic heterocycles. The molecule has 1 amide bonds. The van der Waals surface area contributed by atoms with Gasteiger partial charge in [0.2, 0.25) is 0 Å². The number of nitrogens with zero attached hydrogens (tertiary/aromatic N) is 1. The van der Waals surface area contributed by atoms with E-state index in [0.29, 0.717) is 18.4 Å². The van der Waals surface area contributed by atoms with E-state index >= 15 is 0 Å². The Hall–Kier alpha value is -2.02. The molecule has 0 aliphatic heterocycles. The van der Waals surface area contributed by atoms with Crippen molar-refractivity contribution in [2.45, 2.75) is 109 Å². The minimum Gasteiger partial charge on any atom is -0.390 e. The molecule has 1 aromatic carbocycles. The van der Waals surface area contributed by atoms with Crippen molar-refractivity contribution >= 4 is 11.7 Å². The Morgan fingerprint density at radius 1 is 1.00 bits per heavy atom. The molecule has 2 unspecified atom stereocenters. The second-order valence-electron chi connectivity index (χ2n) is 13.7. The molecule has 6 heteroatoms. The molecule has 0 heterocycles. The standard InChI is InChI=1S/C32H43NO5/c1-18-5-7-20(8-6-18)29(37)33(21-9-10-21)19(2)22-12-14-32(38)24-15-26(34)25-16-27(35)28(36)17-30(25,3)23(24)11-13-31(22,32)4/h5-8,15,19,21-23,25,27-28,35-36,38H,9-14,16-17H2,1-4H3/t19?,22-,23?,25+,27-,28+,30-,31-,32-/m1/s1. The van der Waals surface area contributed by atoms with Gasteiger partial charge in [-0.05, 0) is 106 Å². The number of ketones is 1. The zero-order chi connectivity index (χ0) is 27.2. The average Bonchev–Trinajstić information content (AvgIpc) is 3.65. The van der Waals surface area contributed by atoms with Crippen LogP contribution < -0.4 is 0 Å². The van der Waals surface area contributed by atoms with E-state index in [2.05, 4.69) is 25.7 Å². The van der Waals surface area contributed by atoms with Gasteiger partial charge in [0.15, 0.2) is 5.78 Å². The summed E-state index contributed by atoms with van der Waals surface area (Å²) in [5.74, 6) is -0.147. The smallest absolute Gasteiger partial charge is 0.254 e. The summed E-state index contributed by atoms with van der Waals surface area (Å²) in [4.78, 5) is 29.3. The average molecular weight is 522 g/mol. The molecule has 5 aliphatic carbocycles. The van der Waals surface area contributed by atoms with Crippen molar-refractivity contribution in [3.63, 3.8) is 0 Å². The van der Waals surface area contributed by atoms with E-state index in [1.807, 2.05) is 31.2 Å². The lowest BCUT2D eigenvalue weighted by Gasteiger charge is -2.60. The fraction of sp³-hybridized carbons (Fsp3) is 0.688. The van der Waals surface area contributed by atoms with Gasteiger partial charge in [-0.1, -0.05) is 31.5 Å². The quantitative estimate of drug-likeness (QED) is 0.552. The highest BCUT2D eigenvalue weighted by atomic mass is 16.3. The lowest BCUT2D eigenvalue weighted by Crippen LogP contribution is -2.61. The topological polar surface area (TPSA) is 98.1 Å². The lowest BCUT2D eigenvalue weighted by molar-refractivity contribution is -0.153. The molecule has 9 atom stereocenters. The van der Waals surface area contributed by atoms with Crippen LogP contribution in [0.25, 0.3) is 0 Å². The molecule has 4 saturated carbocycles. The Morgan fingerprint density at radius 3 is 2.34 bits per heavy atom. The van der Waals surface area contributed by atoms with Gasteiger partial charge in [0.25, 0.3) is 5.91 Å². The number of carbonyl (C=O) groups excluding carboxylic acids is 2. The SMILES string of the molecule is Cc1ccc(C(=O)N(C2CC2)C(C)[C@H]2CC[C@@]3(O)C4=CC(=O)[C@@H]5C[C@@H](O)[C@@H](O)C[C@]5(C)C4CC[C@]23C)cc1. The summed E-state index contributed by atoms with van der Waals surface area (Å²) >= 11 is 0. The molecular weight excluding hydrogens is 478 g/mol. The molecule has 0 spiro atoms. The molecule has 0 saturated heterocycles. The molecule has 38 heavy (non-hydrogen) atoms. The van der Waals surface area contributed by atoms with E-state index in [4.69, 9.17) is 0 Å². The largest absolute Gasteiger partial charge is 0.390 e. The molecule has 3 N–H and O–H groups in total. The second kappa shape index (κ2) is 8.74. The van der Waals surface area contributed by atoms with Gasteiger partial charge in [0, 0.05) is 29.0 Å². The van der Waals surface area contributed by atoms with Gasteiger partial charge in [-0.3, -0.25) is 9.59 Å². The predicted octanol–water partition coefficient (Wildman–Crippen LogP) is 4.19. The molecule has 6 rings (SSSR count). The molecule has 4 fully saturated rings. The predicted molar refractivity (Wildman–Crippen MR) is 144 cm³/mol. The monoisotopic (exact) mass is 521 g/mol. The summed E-state index contributed by atoms with van der Waals surface area (Å²) in [5.41, 5.74) is 0.657. The first-order valence-corrected chi connectivity index (χ1v) is 14.6. The number of carbonyl (C=O) groups is 2. The van der Waals surface area contributed by atoms with Crippen LogP contribution in [0.2, 0.25) is 0 Å². The van der Waals surface area contributed by atoms with Crippen molar-refractivity contribution in [2.75, 3.05) is 0 Å². The van der Waals surface area contributed by atoms with Crippen molar-refractivity contribution in [3.05, 3.63) is 47.0 Å². The highest BCUT2D eigenvalue weighted by Gasteiger charge is 2.67. The number of aliphatic hydroxyl groups excluding tert-OH is 2. The number of benzene rings is 1. The van der Waals surface area contributed by atoms with Crippen LogP contribution in [0.3, 0.4) is 0 Å². The van der Waals surface area contributed by atoms with E-state index in [9.17, 15) is 24.9 Å². The number of hydrogen-bond donors (Lipinski definition) is 3. The molecule has 5 aliphatic rings. The maximum absolute atomic E-state index is 13.8. The van der Waals surface area contributed by atoms with E-state index in [1.165, 1.54) is 0 Å². The molecule has 206 valence electrons. The van der Waals surface area contributed by atoms with Crippen molar-refractivity contribution < 1.29 is 24.9 Å². The Balaban J connectivity index is 1.33. The van der Waals surface area contributed by atoms with Gasteiger partial charge in [-0.2, -0.15) is 0 Å². The lowest BCUT2D eigenvalue weighted by atomic mass is 9.46. The maximum Gasteiger partial charge on any atom is 0.254 e. The number of rotatable bonds is 4. The van der Waals surface area contributed by atoms with Gasteiger partial charge in [0.1, 0.15) is 0 Å². The minimum atomic E-state index is -1.11. The minimum absolute atomic E-state index is 0.00760. The zero-order valence-corrected chi connectivity index (χ0v) is 23.2. The second-order valence-corrected chi connectivity index (χ2v) is 13.7. The molecule has 0 radical (unpaired) electrons. The third-order valence-electron chi connectivity index (χ3n) is 11.7. The van der Waals surface area contributed by atoms with Gasteiger partial charge >= 0.3 is 0 Å². The highest BCUT2D eigenvalue weighted by molar-refractivity contribution is 5.95. The Bertz CT molecular complexity index is 1170. The van der Waals surface area contributed by atoms with E-state index in [1.54, 1.807) is 6.08 Å². The van der Waals surface area contributed by atoms with Crippen LogP contribution in [0.15, 0.2) is 35.9 Å². The number of aryl methyl sites for hydroxylation is 1. The first-order valence-electron chi connectivity index (χ1n) is 14.6. The van der Waals surface area contributed by atoms with E-state index in [-0.39, 0.29) is 47.9 Å². The summed E-state index contributed by atoms with van der Waals surface area (Å²) in [5, 5.41) is 33.4. The van der Waals surface area contributed by atoms with Crippen LogP contribution in [-0.2, 0) is 4.79 Å².